The minimum atomic E-state index is -0.746. The van der Waals surface area contributed by atoms with Crippen molar-refractivity contribution in [1.82, 2.24) is 14.7 Å². The summed E-state index contributed by atoms with van der Waals surface area (Å²) in [6, 6.07) is 10.4. The van der Waals surface area contributed by atoms with E-state index in [1.54, 1.807) is 4.90 Å². The highest BCUT2D eigenvalue weighted by molar-refractivity contribution is 6.07. The number of carbonyl (C=O) groups excluding carboxylic acids is 2. The third kappa shape index (κ3) is 4.09. The molecule has 0 atom stereocenters. The average Bonchev–Trinajstić information content (AvgIpc) is 3.48. The van der Waals surface area contributed by atoms with Crippen molar-refractivity contribution >= 4 is 11.8 Å². The first-order valence-corrected chi connectivity index (χ1v) is 9.88. The number of hydrogen-bond acceptors (Lipinski definition) is 3. The first-order valence-electron chi connectivity index (χ1n) is 9.88. The van der Waals surface area contributed by atoms with Crippen molar-refractivity contribution in [2.75, 3.05) is 39.8 Å². The molecule has 0 unspecified atom stereocenters. The van der Waals surface area contributed by atoms with E-state index < -0.39 is 5.41 Å². The Morgan fingerprint density at radius 2 is 1.73 bits per heavy atom. The van der Waals surface area contributed by atoms with Crippen molar-refractivity contribution in [3.8, 4) is 0 Å². The highest BCUT2D eigenvalue weighted by Gasteiger charge is 2.59. The molecule has 5 heteroatoms. The second-order valence-corrected chi connectivity index (χ2v) is 7.72. The van der Waals surface area contributed by atoms with Crippen molar-refractivity contribution in [2.24, 2.45) is 5.41 Å². The Labute approximate surface area is 156 Å². The van der Waals surface area contributed by atoms with Crippen LogP contribution >= 0.6 is 0 Å². The van der Waals surface area contributed by atoms with E-state index in [1.165, 1.54) is 5.56 Å². The van der Waals surface area contributed by atoms with E-state index in [9.17, 15) is 9.59 Å². The lowest BCUT2D eigenvalue weighted by Crippen LogP contribution is -2.53. The van der Waals surface area contributed by atoms with Crippen LogP contribution in [0.2, 0.25) is 0 Å². The first kappa shape index (κ1) is 18.9. The summed E-state index contributed by atoms with van der Waals surface area (Å²) in [6.45, 7) is 6.97. The second-order valence-electron chi connectivity index (χ2n) is 7.72. The summed E-state index contributed by atoms with van der Waals surface area (Å²) in [5.74, 6) is 0.0906. The maximum atomic E-state index is 13.0. The number of amides is 2. The molecule has 1 aromatic rings. The van der Waals surface area contributed by atoms with Crippen molar-refractivity contribution in [2.45, 2.75) is 39.2 Å². The van der Waals surface area contributed by atoms with Crippen LogP contribution in [0.1, 0.15) is 38.2 Å². The van der Waals surface area contributed by atoms with E-state index in [1.807, 2.05) is 18.0 Å². The van der Waals surface area contributed by atoms with Gasteiger partial charge in [-0.3, -0.25) is 14.5 Å². The molecule has 142 valence electrons. The van der Waals surface area contributed by atoms with Crippen LogP contribution < -0.4 is 0 Å². The second kappa shape index (κ2) is 8.21. The number of unbranched alkanes of at least 4 members (excludes halogenated alkanes) is 1. The minimum absolute atomic E-state index is 0.0302. The average molecular weight is 357 g/mol. The van der Waals surface area contributed by atoms with E-state index in [4.69, 9.17) is 0 Å². The summed E-state index contributed by atoms with van der Waals surface area (Å²) in [5.41, 5.74) is 0.558. The smallest absolute Gasteiger partial charge is 0.238 e. The van der Waals surface area contributed by atoms with E-state index in [0.29, 0.717) is 12.8 Å². The summed E-state index contributed by atoms with van der Waals surface area (Å²) in [5, 5.41) is 0. The van der Waals surface area contributed by atoms with E-state index >= 15 is 0 Å². The highest BCUT2D eigenvalue weighted by atomic mass is 16.2. The standard InChI is InChI=1S/C21H31N3O2/c1-3-4-12-22(2)19(25)21(10-11-21)20(26)24-15-13-23(14-16-24)17-18-8-6-5-7-9-18/h5-9H,3-4,10-17H2,1-2H3. The van der Waals surface area contributed by atoms with E-state index in [2.05, 4.69) is 36.1 Å². The molecule has 1 saturated carbocycles. The summed E-state index contributed by atoms with van der Waals surface area (Å²) in [7, 11) is 1.84. The zero-order valence-electron chi connectivity index (χ0n) is 16.1. The van der Waals surface area contributed by atoms with Gasteiger partial charge < -0.3 is 9.80 Å². The molecule has 2 fully saturated rings. The van der Waals surface area contributed by atoms with Gasteiger partial charge in [0.2, 0.25) is 11.8 Å². The van der Waals surface area contributed by atoms with Crippen LogP contribution in [0, 0.1) is 5.41 Å². The Morgan fingerprint density at radius 3 is 2.31 bits per heavy atom. The monoisotopic (exact) mass is 357 g/mol. The van der Waals surface area contributed by atoms with Gasteiger partial charge in [-0.15, -0.1) is 0 Å². The molecule has 1 aliphatic heterocycles. The molecule has 1 heterocycles. The fraction of sp³-hybridized carbons (Fsp3) is 0.619. The molecule has 0 N–H and O–H groups in total. The van der Waals surface area contributed by atoms with Gasteiger partial charge in [-0.05, 0) is 24.8 Å². The van der Waals surface area contributed by atoms with Gasteiger partial charge in [0.05, 0.1) is 0 Å². The predicted molar refractivity (Wildman–Crippen MR) is 103 cm³/mol. The van der Waals surface area contributed by atoms with Crippen LogP contribution in [0.4, 0.5) is 0 Å². The Balaban J connectivity index is 1.52. The maximum absolute atomic E-state index is 13.0. The normalized spacial score (nSPS) is 19.2. The fourth-order valence-corrected chi connectivity index (χ4v) is 3.76. The van der Waals surface area contributed by atoms with Gasteiger partial charge in [0, 0.05) is 46.3 Å². The number of piperazine rings is 1. The van der Waals surface area contributed by atoms with Gasteiger partial charge in [0.1, 0.15) is 5.41 Å². The molecule has 1 aliphatic carbocycles. The Bertz CT molecular complexity index is 619. The van der Waals surface area contributed by atoms with Gasteiger partial charge in [-0.1, -0.05) is 43.7 Å². The molecular weight excluding hydrogens is 326 g/mol. The van der Waals surface area contributed by atoms with Crippen LogP contribution in [0.5, 0.6) is 0 Å². The largest absolute Gasteiger partial charge is 0.345 e. The maximum Gasteiger partial charge on any atom is 0.238 e. The van der Waals surface area contributed by atoms with Crippen LogP contribution in [-0.2, 0) is 16.1 Å². The van der Waals surface area contributed by atoms with Gasteiger partial charge in [0.15, 0.2) is 0 Å². The van der Waals surface area contributed by atoms with Gasteiger partial charge >= 0.3 is 0 Å². The number of benzene rings is 1. The van der Waals surface area contributed by atoms with Crippen LogP contribution in [0.3, 0.4) is 0 Å². The Kier molecular flexibility index (Phi) is 5.97. The molecule has 2 amide bonds. The molecule has 3 rings (SSSR count). The zero-order chi connectivity index (χ0) is 18.6. The Morgan fingerprint density at radius 1 is 1.08 bits per heavy atom. The quantitative estimate of drug-likeness (QED) is 0.704. The third-order valence-electron chi connectivity index (χ3n) is 5.67. The molecule has 0 bridgehead atoms. The lowest BCUT2D eigenvalue weighted by molar-refractivity contribution is -0.149. The van der Waals surface area contributed by atoms with Crippen LogP contribution in [-0.4, -0.2) is 66.3 Å². The lowest BCUT2D eigenvalue weighted by Gasteiger charge is -2.37. The van der Waals surface area contributed by atoms with Crippen molar-refractivity contribution in [3.05, 3.63) is 35.9 Å². The van der Waals surface area contributed by atoms with Crippen LogP contribution in [0.25, 0.3) is 0 Å². The molecule has 0 spiro atoms. The number of hydrogen-bond donors (Lipinski definition) is 0. The molecule has 26 heavy (non-hydrogen) atoms. The Hall–Kier alpha value is -1.88. The molecule has 0 aromatic heterocycles. The lowest BCUT2D eigenvalue weighted by atomic mass is 10.0. The topological polar surface area (TPSA) is 43.9 Å². The number of rotatable bonds is 7. The SMILES string of the molecule is CCCCN(C)C(=O)C1(C(=O)N2CCN(Cc3ccccc3)CC2)CC1. The number of carbonyl (C=O) groups is 2. The third-order valence-corrected chi connectivity index (χ3v) is 5.67. The molecule has 1 saturated heterocycles. The zero-order valence-corrected chi connectivity index (χ0v) is 16.1. The highest BCUT2D eigenvalue weighted by Crippen LogP contribution is 2.48. The van der Waals surface area contributed by atoms with Gasteiger partial charge in [-0.25, -0.2) is 0 Å². The number of nitrogens with zero attached hydrogens (tertiary/aromatic N) is 3. The minimum Gasteiger partial charge on any atom is -0.345 e. The van der Waals surface area contributed by atoms with Crippen molar-refractivity contribution in [3.63, 3.8) is 0 Å². The van der Waals surface area contributed by atoms with Crippen LogP contribution in [0.15, 0.2) is 30.3 Å². The summed E-state index contributed by atoms with van der Waals surface area (Å²) in [4.78, 5) is 31.9. The van der Waals surface area contributed by atoms with E-state index in [0.717, 1.165) is 52.1 Å². The predicted octanol–water partition coefficient (Wildman–Crippen LogP) is 2.37. The van der Waals surface area contributed by atoms with Gasteiger partial charge in [-0.2, -0.15) is 0 Å². The molecule has 2 aliphatic rings. The van der Waals surface area contributed by atoms with Crippen molar-refractivity contribution < 1.29 is 9.59 Å². The molecule has 0 radical (unpaired) electrons. The summed E-state index contributed by atoms with van der Waals surface area (Å²) >= 11 is 0. The summed E-state index contributed by atoms with van der Waals surface area (Å²) < 4.78 is 0. The fourth-order valence-electron chi connectivity index (χ4n) is 3.76. The van der Waals surface area contributed by atoms with Gasteiger partial charge in [0.25, 0.3) is 0 Å². The summed E-state index contributed by atoms with van der Waals surface area (Å²) in [6.07, 6.45) is 3.48. The van der Waals surface area contributed by atoms with Crippen molar-refractivity contribution in [1.29, 1.82) is 0 Å². The van der Waals surface area contributed by atoms with E-state index in [-0.39, 0.29) is 11.8 Å². The molecule has 1 aromatic carbocycles. The molecular formula is C21H31N3O2. The molecule has 5 nitrogen and oxygen atoms in total. The first-order chi connectivity index (χ1) is 12.6.